The van der Waals surface area contributed by atoms with Crippen molar-refractivity contribution in [1.82, 2.24) is 0 Å². The van der Waals surface area contributed by atoms with E-state index in [9.17, 15) is 0 Å². The van der Waals surface area contributed by atoms with Crippen LogP contribution in [0.3, 0.4) is 0 Å². The molecule has 0 amide bonds. The van der Waals surface area contributed by atoms with Crippen LogP contribution in [0.5, 0.6) is 0 Å². The Morgan fingerprint density at radius 1 is 0.548 bits per heavy atom. The molecule has 0 aromatic carbocycles. The molecular weight excluding hydrogens is 412 g/mol. The largest absolute Gasteiger partial charge is 0.416 e. The van der Waals surface area contributed by atoms with Crippen molar-refractivity contribution in [3.8, 4) is 0 Å². The Balaban J connectivity index is 2.39. The van der Waals surface area contributed by atoms with Gasteiger partial charge in [0, 0.05) is 18.6 Å². The molecule has 0 atom stereocenters. The molecule has 184 valence electrons. The van der Waals surface area contributed by atoms with E-state index in [0.29, 0.717) is 0 Å². The molecule has 31 heavy (non-hydrogen) atoms. The molecule has 4 heteroatoms. The third-order valence-corrected chi connectivity index (χ3v) is 18.8. The van der Waals surface area contributed by atoms with Crippen LogP contribution < -0.4 is 0 Å². The second-order valence-electron chi connectivity index (χ2n) is 14.0. The molecule has 0 aromatic rings. The van der Waals surface area contributed by atoms with Crippen LogP contribution in [0.15, 0.2) is 0 Å². The minimum absolute atomic E-state index is 0.214. The molecule has 2 rings (SSSR count). The summed E-state index contributed by atoms with van der Waals surface area (Å²) in [6.07, 6.45) is 14.0. The predicted molar refractivity (Wildman–Crippen MR) is 142 cm³/mol. The molecule has 2 aliphatic rings. The smallest absolute Gasteiger partial charge is 0.192 e. The van der Waals surface area contributed by atoms with Crippen LogP contribution in [-0.4, -0.2) is 29.8 Å². The van der Waals surface area contributed by atoms with Crippen LogP contribution in [0, 0.1) is 17.3 Å². The molecule has 2 nitrogen and oxygen atoms in total. The first-order chi connectivity index (χ1) is 14.1. The summed E-state index contributed by atoms with van der Waals surface area (Å²) >= 11 is 0. The van der Waals surface area contributed by atoms with Gasteiger partial charge < -0.3 is 8.85 Å². The molecule has 0 unspecified atom stereocenters. The summed E-state index contributed by atoms with van der Waals surface area (Å²) in [4.78, 5) is 0. The lowest BCUT2D eigenvalue weighted by molar-refractivity contribution is -0.0596. The summed E-state index contributed by atoms with van der Waals surface area (Å²) in [6, 6.07) is 0. The summed E-state index contributed by atoms with van der Waals surface area (Å²) in [7, 11) is -3.60. The Morgan fingerprint density at radius 2 is 0.839 bits per heavy atom. The molecular formula is C27H56O2Si2. The summed E-state index contributed by atoms with van der Waals surface area (Å²) in [5.41, 5.74) is 0.214. The second-order valence-corrected chi connectivity index (χ2v) is 23.6. The van der Waals surface area contributed by atoms with E-state index in [0.717, 1.165) is 25.0 Å². The van der Waals surface area contributed by atoms with Crippen molar-refractivity contribution < 1.29 is 8.85 Å². The highest BCUT2D eigenvalue weighted by atomic mass is 28.4. The normalized spacial score (nSPS) is 21.5. The van der Waals surface area contributed by atoms with Gasteiger partial charge in [0.1, 0.15) is 0 Å². The van der Waals surface area contributed by atoms with Gasteiger partial charge in [-0.15, -0.1) is 0 Å². The summed E-state index contributed by atoms with van der Waals surface area (Å²) in [6.45, 7) is 25.9. The van der Waals surface area contributed by atoms with Gasteiger partial charge in [0.2, 0.25) is 0 Å². The number of rotatable bonds is 8. The Bertz CT molecular complexity index is 495. The highest BCUT2D eigenvalue weighted by molar-refractivity contribution is 6.74. The fourth-order valence-corrected chi connectivity index (χ4v) is 7.39. The van der Waals surface area contributed by atoms with E-state index >= 15 is 0 Å². The molecule has 0 bridgehead atoms. The van der Waals surface area contributed by atoms with E-state index in [1.54, 1.807) is 0 Å². The lowest BCUT2D eigenvalue weighted by Crippen LogP contribution is -2.54. The van der Waals surface area contributed by atoms with Crippen molar-refractivity contribution in [2.24, 2.45) is 17.3 Å². The van der Waals surface area contributed by atoms with E-state index < -0.39 is 16.6 Å². The lowest BCUT2D eigenvalue weighted by Gasteiger charge is -2.52. The fraction of sp³-hybridized carbons (Fsp3) is 1.00. The molecule has 2 aliphatic carbocycles. The zero-order valence-corrected chi connectivity index (χ0v) is 25.0. The SMILES string of the molecule is CC(C)(C)[Si](C)(C)OCC(CO[Si](C)(C)C(C)(C)C)(C1CCCCC1)C1CCCCC1. The van der Waals surface area contributed by atoms with E-state index in [-0.39, 0.29) is 15.5 Å². The van der Waals surface area contributed by atoms with Gasteiger partial charge in [-0.3, -0.25) is 0 Å². The molecule has 0 heterocycles. The van der Waals surface area contributed by atoms with Crippen LogP contribution in [0.25, 0.3) is 0 Å². The molecule has 0 aromatic heterocycles. The molecule has 0 radical (unpaired) electrons. The van der Waals surface area contributed by atoms with Crippen LogP contribution in [0.1, 0.15) is 106 Å². The van der Waals surface area contributed by atoms with E-state index in [4.69, 9.17) is 8.85 Å². The fourth-order valence-electron chi connectivity index (χ4n) is 5.26. The van der Waals surface area contributed by atoms with Crippen molar-refractivity contribution in [3.63, 3.8) is 0 Å². The first-order valence-electron chi connectivity index (χ1n) is 13.4. The Labute approximate surface area is 197 Å². The van der Waals surface area contributed by atoms with Crippen molar-refractivity contribution >= 4 is 16.6 Å². The zero-order chi connectivity index (χ0) is 23.6. The number of hydrogen-bond acceptors (Lipinski definition) is 2. The molecule has 2 fully saturated rings. The zero-order valence-electron chi connectivity index (χ0n) is 23.0. The van der Waals surface area contributed by atoms with Crippen LogP contribution >= 0.6 is 0 Å². The molecule has 0 spiro atoms. The first kappa shape index (κ1) is 27.6. The van der Waals surface area contributed by atoms with Crippen LogP contribution in [-0.2, 0) is 8.85 Å². The van der Waals surface area contributed by atoms with Crippen LogP contribution in [0.4, 0.5) is 0 Å². The standard InChI is InChI=1S/C27H56O2Si2/c1-25(2,3)30(7,8)28-21-27(23-17-13-11-14-18-23,24-19-15-12-16-20-24)22-29-31(9,10)26(4,5)6/h23-24H,11-22H2,1-10H3. The van der Waals surface area contributed by atoms with E-state index in [1.165, 1.54) is 64.2 Å². The lowest BCUT2D eigenvalue weighted by atomic mass is 9.59. The van der Waals surface area contributed by atoms with Gasteiger partial charge in [0.25, 0.3) is 0 Å². The average Bonchev–Trinajstić information content (AvgIpc) is 2.68. The van der Waals surface area contributed by atoms with E-state index in [2.05, 4.69) is 67.7 Å². The maximum absolute atomic E-state index is 7.09. The van der Waals surface area contributed by atoms with Crippen molar-refractivity contribution in [3.05, 3.63) is 0 Å². The quantitative estimate of drug-likeness (QED) is 0.330. The van der Waals surface area contributed by atoms with Crippen LogP contribution in [0.2, 0.25) is 36.3 Å². The summed E-state index contributed by atoms with van der Waals surface area (Å²) in [5, 5.41) is 0.524. The summed E-state index contributed by atoms with van der Waals surface area (Å²) < 4.78 is 14.2. The second kappa shape index (κ2) is 10.3. The molecule has 0 aliphatic heterocycles. The minimum atomic E-state index is -1.80. The van der Waals surface area contributed by atoms with Gasteiger partial charge in [-0.25, -0.2) is 0 Å². The van der Waals surface area contributed by atoms with Gasteiger partial charge >= 0.3 is 0 Å². The highest BCUT2D eigenvalue weighted by Crippen LogP contribution is 2.52. The van der Waals surface area contributed by atoms with Crippen molar-refractivity contribution in [2.75, 3.05) is 13.2 Å². The topological polar surface area (TPSA) is 18.5 Å². The Morgan fingerprint density at radius 3 is 1.10 bits per heavy atom. The average molecular weight is 469 g/mol. The van der Waals surface area contributed by atoms with Crippen molar-refractivity contribution in [2.45, 2.75) is 142 Å². The third kappa shape index (κ3) is 6.70. The van der Waals surface area contributed by atoms with Gasteiger partial charge in [-0.05, 0) is 73.8 Å². The van der Waals surface area contributed by atoms with Gasteiger partial charge in [-0.1, -0.05) is 80.1 Å². The Hall–Kier alpha value is 0.354. The maximum atomic E-state index is 7.09. The predicted octanol–water partition coefficient (Wildman–Crippen LogP) is 9.18. The van der Waals surface area contributed by atoms with Gasteiger partial charge in [-0.2, -0.15) is 0 Å². The van der Waals surface area contributed by atoms with E-state index in [1.807, 2.05) is 0 Å². The Kier molecular flexibility index (Phi) is 9.18. The minimum Gasteiger partial charge on any atom is -0.416 e. The third-order valence-electron chi connectivity index (χ3n) is 9.85. The first-order valence-corrected chi connectivity index (χ1v) is 19.2. The molecule has 0 saturated heterocycles. The summed E-state index contributed by atoms with van der Waals surface area (Å²) in [5.74, 6) is 1.55. The number of hydrogen-bond donors (Lipinski definition) is 0. The molecule has 0 N–H and O–H groups in total. The molecule has 2 saturated carbocycles. The van der Waals surface area contributed by atoms with Gasteiger partial charge in [0.15, 0.2) is 16.6 Å². The van der Waals surface area contributed by atoms with Gasteiger partial charge in [0.05, 0.1) is 0 Å². The highest BCUT2D eigenvalue weighted by Gasteiger charge is 2.50. The van der Waals surface area contributed by atoms with Crippen molar-refractivity contribution in [1.29, 1.82) is 0 Å². The monoisotopic (exact) mass is 468 g/mol. The maximum Gasteiger partial charge on any atom is 0.192 e.